The molecule has 0 aromatic carbocycles. The van der Waals surface area contributed by atoms with Gasteiger partial charge in [0.25, 0.3) is 0 Å². The van der Waals surface area contributed by atoms with Gasteiger partial charge in [-0.15, -0.1) is 0 Å². The van der Waals surface area contributed by atoms with Gasteiger partial charge in [0.1, 0.15) is 6.04 Å². The molecule has 3 N–H and O–H groups in total. The van der Waals surface area contributed by atoms with Crippen LogP contribution in [0.15, 0.2) is 12.5 Å². The molecule has 0 spiro atoms. The Morgan fingerprint density at radius 1 is 1.79 bits per heavy atom. The van der Waals surface area contributed by atoms with Gasteiger partial charge in [0, 0.05) is 19.2 Å². The molecule has 0 aliphatic heterocycles. The molecule has 0 fully saturated rings. The zero-order valence-corrected chi connectivity index (χ0v) is 8.18. The molecule has 1 aromatic heterocycles. The Balaban J connectivity index is 2.55. The number of carbonyl (C=O) groups is 1. The molecule has 0 saturated carbocycles. The molecule has 14 heavy (non-hydrogen) atoms. The van der Waals surface area contributed by atoms with Gasteiger partial charge < -0.3 is 15.4 Å². The van der Waals surface area contributed by atoms with Crippen molar-refractivity contribution in [2.24, 2.45) is 5.73 Å². The first-order valence-electron chi connectivity index (χ1n) is 4.62. The van der Waals surface area contributed by atoms with Crippen molar-refractivity contribution in [1.82, 2.24) is 9.55 Å². The number of hydrogen-bond donors (Lipinski definition) is 2. The smallest absolute Gasteiger partial charge is 0.320 e. The second-order valence-electron chi connectivity index (χ2n) is 3.25. The van der Waals surface area contributed by atoms with E-state index in [9.17, 15) is 4.79 Å². The summed E-state index contributed by atoms with van der Waals surface area (Å²) in [5.41, 5.74) is 6.11. The lowest BCUT2D eigenvalue weighted by Crippen LogP contribution is -2.32. The standard InChI is InChI=1S/C9H15N3O2/c1-2-3-12-5-7(11-6-12)4-8(10)9(13)14/h5-6,8H,2-4,10H2,1H3,(H,13,14)/t8-/m1/s1. The number of hydrogen-bond acceptors (Lipinski definition) is 3. The van der Waals surface area contributed by atoms with Crippen molar-refractivity contribution in [3.05, 3.63) is 18.2 Å². The molecule has 0 aliphatic rings. The zero-order valence-electron chi connectivity index (χ0n) is 8.18. The van der Waals surface area contributed by atoms with Gasteiger partial charge in [-0.3, -0.25) is 4.79 Å². The summed E-state index contributed by atoms with van der Waals surface area (Å²) in [6.07, 6.45) is 4.85. The molecule has 0 bridgehead atoms. The number of rotatable bonds is 5. The van der Waals surface area contributed by atoms with Gasteiger partial charge in [0.15, 0.2) is 0 Å². The van der Waals surface area contributed by atoms with E-state index in [0.29, 0.717) is 0 Å². The van der Waals surface area contributed by atoms with Crippen LogP contribution in [0.2, 0.25) is 0 Å². The van der Waals surface area contributed by atoms with E-state index in [1.165, 1.54) is 0 Å². The molecule has 5 heteroatoms. The van der Waals surface area contributed by atoms with Gasteiger partial charge in [0.2, 0.25) is 0 Å². The lowest BCUT2D eigenvalue weighted by atomic mass is 10.2. The normalized spacial score (nSPS) is 12.7. The lowest BCUT2D eigenvalue weighted by Gasteiger charge is -2.02. The summed E-state index contributed by atoms with van der Waals surface area (Å²) >= 11 is 0. The van der Waals surface area contributed by atoms with Crippen LogP contribution in [0.5, 0.6) is 0 Å². The lowest BCUT2D eigenvalue weighted by molar-refractivity contribution is -0.138. The van der Waals surface area contributed by atoms with E-state index in [1.54, 1.807) is 6.33 Å². The molecule has 0 aliphatic carbocycles. The maximum atomic E-state index is 10.5. The van der Waals surface area contributed by atoms with Crippen molar-refractivity contribution in [2.75, 3.05) is 0 Å². The SMILES string of the molecule is CCCn1cnc(C[C@@H](N)C(=O)O)c1. The van der Waals surface area contributed by atoms with Crippen LogP contribution >= 0.6 is 0 Å². The Hall–Kier alpha value is -1.36. The van der Waals surface area contributed by atoms with Crippen LogP contribution in [0, 0.1) is 0 Å². The van der Waals surface area contributed by atoms with Gasteiger partial charge in [-0.2, -0.15) is 0 Å². The van der Waals surface area contributed by atoms with E-state index in [0.717, 1.165) is 18.7 Å². The highest BCUT2D eigenvalue weighted by Gasteiger charge is 2.13. The summed E-state index contributed by atoms with van der Waals surface area (Å²) in [6, 6.07) is -0.861. The largest absolute Gasteiger partial charge is 0.480 e. The van der Waals surface area contributed by atoms with E-state index < -0.39 is 12.0 Å². The maximum absolute atomic E-state index is 10.5. The van der Waals surface area contributed by atoms with Gasteiger partial charge in [-0.25, -0.2) is 4.98 Å². The number of imidazole rings is 1. The van der Waals surface area contributed by atoms with E-state index in [-0.39, 0.29) is 6.42 Å². The third-order valence-corrected chi connectivity index (χ3v) is 1.91. The first kappa shape index (κ1) is 10.7. The van der Waals surface area contributed by atoms with Gasteiger partial charge in [-0.1, -0.05) is 6.92 Å². The summed E-state index contributed by atoms with van der Waals surface area (Å²) in [5, 5.41) is 8.59. The Morgan fingerprint density at radius 3 is 3.07 bits per heavy atom. The van der Waals surface area contributed by atoms with E-state index in [2.05, 4.69) is 11.9 Å². The Bertz CT molecular complexity index is 309. The second kappa shape index (κ2) is 4.76. The molecule has 0 radical (unpaired) electrons. The molecule has 5 nitrogen and oxygen atoms in total. The number of nitrogens with zero attached hydrogens (tertiary/aromatic N) is 2. The Kier molecular flexibility index (Phi) is 3.64. The highest BCUT2D eigenvalue weighted by atomic mass is 16.4. The summed E-state index contributed by atoms with van der Waals surface area (Å²) in [7, 11) is 0. The number of aromatic nitrogens is 2. The molecule has 0 unspecified atom stereocenters. The molecule has 1 aromatic rings. The van der Waals surface area contributed by atoms with Crippen LogP contribution in [0.1, 0.15) is 19.0 Å². The van der Waals surface area contributed by atoms with Crippen molar-refractivity contribution in [2.45, 2.75) is 32.4 Å². The summed E-state index contributed by atoms with van der Waals surface area (Å²) in [6.45, 7) is 2.97. The maximum Gasteiger partial charge on any atom is 0.320 e. The number of aliphatic carboxylic acids is 1. The minimum Gasteiger partial charge on any atom is -0.480 e. The second-order valence-corrected chi connectivity index (χ2v) is 3.25. The van der Waals surface area contributed by atoms with Crippen LogP contribution < -0.4 is 5.73 Å². The zero-order chi connectivity index (χ0) is 10.6. The van der Waals surface area contributed by atoms with Crippen LogP contribution in [0.3, 0.4) is 0 Å². The number of nitrogens with two attached hydrogens (primary N) is 1. The van der Waals surface area contributed by atoms with Gasteiger partial charge in [0.05, 0.1) is 12.0 Å². The molecular weight excluding hydrogens is 182 g/mol. The predicted octanol–water partition coefficient (Wildman–Crippen LogP) is 0.247. The van der Waals surface area contributed by atoms with Crippen molar-refractivity contribution >= 4 is 5.97 Å². The van der Waals surface area contributed by atoms with Crippen LogP contribution in [-0.2, 0) is 17.8 Å². The van der Waals surface area contributed by atoms with Gasteiger partial charge in [-0.05, 0) is 6.42 Å². The highest BCUT2D eigenvalue weighted by Crippen LogP contribution is 2.00. The topological polar surface area (TPSA) is 81.1 Å². The third kappa shape index (κ3) is 2.85. The van der Waals surface area contributed by atoms with E-state index in [4.69, 9.17) is 10.8 Å². The Labute approximate surface area is 82.6 Å². The number of carboxylic acid groups (broad SMARTS) is 1. The first-order chi connectivity index (χ1) is 6.63. The summed E-state index contributed by atoms with van der Waals surface area (Å²) < 4.78 is 1.93. The minimum absolute atomic E-state index is 0.284. The molecular formula is C9H15N3O2. The molecule has 0 saturated heterocycles. The van der Waals surface area contributed by atoms with Crippen LogP contribution in [-0.4, -0.2) is 26.7 Å². The van der Waals surface area contributed by atoms with Crippen molar-refractivity contribution in [1.29, 1.82) is 0 Å². The molecule has 0 amide bonds. The van der Waals surface area contributed by atoms with Crippen molar-refractivity contribution in [3.8, 4) is 0 Å². The predicted molar refractivity (Wildman–Crippen MR) is 51.8 cm³/mol. The molecule has 1 heterocycles. The van der Waals surface area contributed by atoms with Crippen molar-refractivity contribution in [3.63, 3.8) is 0 Å². The van der Waals surface area contributed by atoms with E-state index >= 15 is 0 Å². The van der Waals surface area contributed by atoms with Crippen molar-refractivity contribution < 1.29 is 9.90 Å². The van der Waals surface area contributed by atoms with E-state index in [1.807, 2.05) is 10.8 Å². The summed E-state index contributed by atoms with van der Waals surface area (Å²) in [5.74, 6) is -0.991. The summed E-state index contributed by atoms with van der Waals surface area (Å²) in [4.78, 5) is 14.6. The molecule has 78 valence electrons. The number of carboxylic acids is 1. The third-order valence-electron chi connectivity index (χ3n) is 1.91. The fourth-order valence-electron chi connectivity index (χ4n) is 1.20. The average molecular weight is 197 g/mol. The van der Waals surface area contributed by atoms with Crippen LogP contribution in [0.25, 0.3) is 0 Å². The minimum atomic E-state index is -0.991. The molecule has 1 atom stereocenters. The van der Waals surface area contributed by atoms with Crippen LogP contribution in [0.4, 0.5) is 0 Å². The van der Waals surface area contributed by atoms with Gasteiger partial charge >= 0.3 is 5.97 Å². The highest BCUT2D eigenvalue weighted by molar-refractivity contribution is 5.73. The Morgan fingerprint density at radius 2 is 2.50 bits per heavy atom. The quantitative estimate of drug-likeness (QED) is 0.708. The molecule has 1 rings (SSSR count). The fourth-order valence-corrected chi connectivity index (χ4v) is 1.20. The monoisotopic (exact) mass is 197 g/mol. The fraction of sp³-hybridized carbons (Fsp3) is 0.556. The number of aryl methyl sites for hydroxylation is 1. The average Bonchev–Trinajstić information content (AvgIpc) is 2.53. The first-order valence-corrected chi connectivity index (χ1v) is 4.62.